The number of benzene rings is 2. The number of hydrogen-bond acceptors (Lipinski definition) is 14. The van der Waals surface area contributed by atoms with E-state index in [1.54, 1.807) is 4.90 Å². The topological polar surface area (TPSA) is 216 Å². The van der Waals surface area contributed by atoms with Gasteiger partial charge in [-0.1, -0.05) is 6.92 Å². The Hall–Kier alpha value is -4.91. The van der Waals surface area contributed by atoms with Crippen molar-refractivity contribution in [3.8, 4) is 0 Å². The molecule has 6 rings (SSSR count). The number of β-lactam (4-membered cyclic amide) rings is 1. The monoisotopic (exact) mass is 753 g/mol. The third-order valence-electron chi connectivity index (χ3n) is 9.34. The number of carbonyl (C=O) groups excluding carboxylic acids is 3. The number of thiazole rings is 1. The third-order valence-corrected chi connectivity index (χ3v) is 11.8. The van der Waals surface area contributed by atoms with Crippen LogP contribution in [0.3, 0.4) is 0 Å². The summed E-state index contributed by atoms with van der Waals surface area (Å²) in [5.41, 5.74) is 1.62. The van der Waals surface area contributed by atoms with E-state index in [2.05, 4.69) is 4.98 Å². The van der Waals surface area contributed by atoms with Gasteiger partial charge in [-0.25, -0.2) is 14.6 Å². The number of nitrogens with zero attached hydrogens (tertiary/aromatic N) is 5. The maximum Gasteiger partial charge on any atom is 0.410 e. The van der Waals surface area contributed by atoms with Crippen LogP contribution in [0.4, 0.5) is 16.2 Å². The van der Waals surface area contributed by atoms with Gasteiger partial charge in [0.1, 0.15) is 23.9 Å². The summed E-state index contributed by atoms with van der Waals surface area (Å²) in [7, 11) is 0. The van der Waals surface area contributed by atoms with Crippen LogP contribution in [-0.4, -0.2) is 83.4 Å². The molecule has 18 heteroatoms. The van der Waals surface area contributed by atoms with Gasteiger partial charge in [0.05, 0.1) is 39.6 Å². The predicted octanol–water partition coefficient (Wildman–Crippen LogP) is 4.49. The van der Waals surface area contributed by atoms with Gasteiger partial charge in [0.15, 0.2) is 0 Å². The van der Waals surface area contributed by atoms with E-state index in [9.17, 15) is 44.8 Å². The summed E-state index contributed by atoms with van der Waals surface area (Å²) in [6.07, 6.45) is -0.817. The Morgan fingerprint density at radius 3 is 2.19 bits per heavy atom. The van der Waals surface area contributed by atoms with E-state index in [1.807, 2.05) is 12.3 Å². The minimum atomic E-state index is -0.951. The molecule has 2 saturated heterocycles. The minimum absolute atomic E-state index is 0.0709. The van der Waals surface area contributed by atoms with Crippen molar-refractivity contribution in [3.05, 3.63) is 107 Å². The molecule has 3 aliphatic rings. The van der Waals surface area contributed by atoms with E-state index in [0.717, 1.165) is 0 Å². The SMILES string of the molecule is C[C@@H](O)C1C(=O)N2C(C(=O)OCc3ccc([N+](=O)[O-])cc3)=C(S[C@H]3C[C@@H](c4nc(CCO)cs4)N(C(=O)OCc4ccc([N+](=O)[O-])cc4)C3)[C@H](C)C12. The van der Waals surface area contributed by atoms with E-state index in [0.29, 0.717) is 39.6 Å². The standard InChI is InChI=1S/C34H35N5O11S2/c1-18-28-27(19(2)41)32(42)37(28)29(33(43)49-15-20-3-7-23(8-4-20)38(45)46)30(18)52-25-13-26(31-35-22(11-12-40)17-51-31)36(14-25)34(44)50-16-21-5-9-24(10-6-21)39(47)48/h3-10,17-19,25-28,40-41H,11-16H2,1-2H3/t18-,19-,25+,26+,27?,28?/m1/s1. The minimum Gasteiger partial charge on any atom is -0.456 e. The first-order chi connectivity index (χ1) is 24.9. The highest BCUT2D eigenvalue weighted by Gasteiger charge is 2.60. The quantitative estimate of drug-likeness (QED) is 0.107. The molecule has 2 N–H and O–H groups in total. The zero-order valence-corrected chi connectivity index (χ0v) is 29.7. The average Bonchev–Trinajstić information content (AvgIpc) is 3.82. The maximum atomic E-state index is 13.7. The van der Waals surface area contributed by atoms with Crippen LogP contribution in [0.2, 0.25) is 0 Å². The lowest BCUT2D eigenvalue weighted by molar-refractivity contribution is -0.385. The molecular formula is C34H35N5O11S2. The van der Waals surface area contributed by atoms with Gasteiger partial charge in [-0.3, -0.25) is 29.9 Å². The Bertz CT molecular complexity index is 1900. The number of carbonyl (C=O) groups is 3. The van der Waals surface area contributed by atoms with Crippen molar-refractivity contribution in [2.45, 2.75) is 63.3 Å². The number of aliphatic hydroxyl groups is 2. The van der Waals surface area contributed by atoms with Gasteiger partial charge in [0, 0.05) is 65.3 Å². The van der Waals surface area contributed by atoms with Crippen molar-refractivity contribution in [1.82, 2.24) is 14.8 Å². The molecule has 0 saturated carbocycles. The third kappa shape index (κ3) is 7.37. The summed E-state index contributed by atoms with van der Waals surface area (Å²) in [5.74, 6) is -2.21. The van der Waals surface area contributed by atoms with Crippen LogP contribution in [0.25, 0.3) is 0 Å². The molecule has 52 heavy (non-hydrogen) atoms. The van der Waals surface area contributed by atoms with Crippen molar-refractivity contribution in [2.75, 3.05) is 13.2 Å². The molecule has 274 valence electrons. The predicted molar refractivity (Wildman–Crippen MR) is 187 cm³/mol. The van der Waals surface area contributed by atoms with Crippen LogP contribution >= 0.6 is 23.1 Å². The van der Waals surface area contributed by atoms with E-state index >= 15 is 0 Å². The fourth-order valence-electron chi connectivity index (χ4n) is 6.75. The second kappa shape index (κ2) is 15.4. The highest BCUT2D eigenvalue weighted by molar-refractivity contribution is 8.03. The molecule has 4 heterocycles. The first-order valence-electron chi connectivity index (χ1n) is 16.4. The van der Waals surface area contributed by atoms with Crippen LogP contribution < -0.4 is 0 Å². The lowest BCUT2D eigenvalue weighted by Crippen LogP contribution is -2.63. The molecule has 0 bridgehead atoms. The van der Waals surface area contributed by atoms with Crippen LogP contribution in [0.1, 0.15) is 48.1 Å². The van der Waals surface area contributed by atoms with Gasteiger partial charge in [0.25, 0.3) is 11.4 Å². The van der Waals surface area contributed by atoms with E-state index in [1.165, 1.54) is 83.5 Å². The Kier molecular flexibility index (Phi) is 10.9. The lowest BCUT2D eigenvalue weighted by Gasteiger charge is -2.46. The van der Waals surface area contributed by atoms with Crippen molar-refractivity contribution in [1.29, 1.82) is 0 Å². The van der Waals surface area contributed by atoms with Gasteiger partial charge < -0.3 is 24.6 Å². The highest BCUT2D eigenvalue weighted by Crippen LogP contribution is 2.53. The highest BCUT2D eigenvalue weighted by atomic mass is 32.2. The number of non-ortho nitro benzene ring substituents is 2. The van der Waals surface area contributed by atoms with Crippen LogP contribution in [0, 0.1) is 32.1 Å². The number of fused-ring (bicyclic) bond motifs is 1. The van der Waals surface area contributed by atoms with Crippen LogP contribution in [0.5, 0.6) is 0 Å². The zero-order chi connectivity index (χ0) is 37.3. The second-order valence-electron chi connectivity index (χ2n) is 12.7. The summed E-state index contributed by atoms with van der Waals surface area (Å²) >= 11 is 2.71. The normalized spacial score (nSPS) is 22.9. The number of ether oxygens (including phenoxy) is 2. The Morgan fingerprint density at radius 1 is 1.04 bits per heavy atom. The molecule has 3 aliphatic heterocycles. The molecule has 0 aliphatic carbocycles. The summed E-state index contributed by atoms with van der Waals surface area (Å²) in [5, 5.41) is 44.1. The molecule has 16 nitrogen and oxygen atoms in total. The second-order valence-corrected chi connectivity index (χ2v) is 15.0. The number of hydrogen-bond donors (Lipinski definition) is 2. The fourth-order valence-corrected chi connectivity index (χ4v) is 9.24. The van der Waals surface area contributed by atoms with E-state index in [4.69, 9.17) is 9.47 Å². The molecule has 6 atom stereocenters. The first-order valence-corrected chi connectivity index (χ1v) is 18.2. The Balaban J connectivity index is 1.24. The average molecular weight is 754 g/mol. The molecule has 1 aromatic heterocycles. The largest absolute Gasteiger partial charge is 0.456 e. The number of nitro benzene ring substituents is 2. The molecule has 2 unspecified atom stereocenters. The van der Waals surface area contributed by atoms with E-state index < -0.39 is 51.9 Å². The summed E-state index contributed by atoms with van der Waals surface area (Å²) in [6, 6.07) is 10.3. The van der Waals surface area contributed by atoms with Gasteiger partial charge in [0.2, 0.25) is 5.91 Å². The molecule has 0 spiro atoms. The summed E-state index contributed by atoms with van der Waals surface area (Å²) in [6.45, 7) is 3.20. The zero-order valence-electron chi connectivity index (χ0n) is 28.0. The van der Waals surface area contributed by atoms with Crippen LogP contribution in [0.15, 0.2) is 64.5 Å². The van der Waals surface area contributed by atoms with Crippen LogP contribution in [-0.2, 0) is 38.7 Å². The van der Waals surface area contributed by atoms with Crippen molar-refractivity contribution < 1.29 is 43.9 Å². The smallest absolute Gasteiger partial charge is 0.410 e. The summed E-state index contributed by atoms with van der Waals surface area (Å²) < 4.78 is 11.3. The lowest BCUT2D eigenvalue weighted by atomic mass is 9.79. The van der Waals surface area contributed by atoms with Gasteiger partial charge >= 0.3 is 12.1 Å². The first kappa shape index (κ1) is 36.9. The van der Waals surface area contributed by atoms with E-state index in [-0.39, 0.29) is 54.6 Å². The molecule has 2 aromatic carbocycles. The molecule has 2 amide bonds. The number of likely N-dealkylation sites (tertiary alicyclic amines) is 1. The summed E-state index contributed by atoms with van der Waals surface area (Å²) in [4.78, 5) is 69.8. The van der Waals surface area contributed by atoms with Crippen molar-refractivity contribution in [3.63, 3.8) is 0 Å². The number of amides is 2. The number of rotatable bonds is 13. The number of aliphatic hydroxyl groups excluding tert-OH is 2. The number of nitro groups is 2. The molecule has 0 radical (unpaired) electrons. The number of esters is 1. The Labute approximate surface area is 305 Å². The maximum absolute atomic E-state index is 13.7. The molecule has 2 fully saturated rings. The molecular weight excluding hydrogens is 719 g/mol. The number of thioether (sulfide) groups is 1. The molecule has 3 aromatic rings. The van der Waals surface area contributed by atoms with Gasteiger partial charge in [-0.15, -0.1) is 23.1 Å². The fraction of sp³-hybridized carbons (Fsp3) is 0.412. The Morgan fingerprint density at radius 2 is 1.63 bits per heavy atom. The van der Waals surface area contributed by atoms with Crippen molar-refractivity contribution >= 4 is 52.4 Å². The van der Waals surface area contributed by atoms with Gasteiger partial charge in [-0.2, -0.15) is 0 Å². The van der Waals surface area contributed by atoms with Gasteiger partial charge in [-0.05, 0) is 48.7 Å². The number of aromatic nitrogens is 1. The van der Waals surface area contributed by atoms with Crippen molar-refractivity contribution in [2.24, 2.45) is 11.8 Å².